The van der Waals surface area contributed by atoms with Crippen molar-refractivity contribution in [2.45, 2.75) is 6.54 Å². The lowest BCUT2D eigenvalue weighted by atomic mass is 10.2. The predicted octanol–water partition coefficient (Wildman–Crippen LogP) is 1.98. The van der Waals surface area contributed by atoms with Crippen molar-refractivity contribution in [2.24, 2.45) is 0 Å². The summed E-state index contributed by atoms with van der Waals surface area (Å²) in [5, 5.41) is 0. The molecule has 0 amide bonds. The van der Waals surface area contributed by atoms with Crippen molar-refractivity contribution < 1.29 is 9.13 Å². The zero-order valence-corrected chi connectivity index (χ0v) is 13.0. The largest absolute Gasteiger partial charge is 0.383 e. The Morgan fingerprint density at radius 1 is 1.21 bits per heavy atom. The molecule has 1 aromatic carbocycles. The summed E-state index contributed by atoms with van der Waals surface area (Å²) in [5.74, 6) is 5.43. The number of rotatable bonds is 3. The molecule has 2 aromatic heterocycles. The zero-order chi connectivity index (χ0) is 16.9. The second-order valence-corrected chi connectivity index (χ2v) is 5.09. The first-order valence-corrected chi connectivity index (χ1v) is 7.29. The Hall–Kier alpha value is -3.04. The Morgan fingerprint density at radius 3 is 2.83 bits per heavy atom. The van der Waals surface area contributed by atoms with Gasteiger partial charge in [0.2, 0.25) is 0 Å². The van der Waals surface area contributed by atoms with E-state index in [0.717, 1.165) is 0 Å². The van der Waals surface area contributed by atoms with Crippen molar-refractivity contribution in [1.29, 1.82) is 0 Å². The monoisotopic (exact) mass is 323 g/mol. The Labute approximate surface area is 137 Å². The second kappa shape index (κ2) is 7.02. The van der Waals surface area contributed by atoms with E-state index in [1.54, 1.807) is 25.3 Å². The molecular weight excluding hydrogens is 309 g/mol. The molecule has 120 valence electrons. The van der Waals surface area contributed by atoms with Crippen molar-refractivity contribution in [3.05, 3.63) is 70.2 Å². The first kappa shape index (κ1) is 15.8. The lowest BCUT2D eigenvalue weighted by molar-refractivity contribution is 0.186. The van der Waals surface area contributed by atoms with Gasteiger partial charge in [0.05, 0.1) is 25.0 Å². The van der Waals surface area contributed by atoms with E-state index in [-0.39, 0.29) is 16.9 Å². The lowest BCUT2D eigenvalue weighted by Crippen LogP contribution is -2.23. The summed E-state index contributed by atoms with van der Waals surface area (Å²) < 4.78 is 19.6. The molecule has 0 N–H and O–H groups in total. The third kappa shape index (κ3) is 3.47. The van der Waals surface area contributed by atoms with Crippen LogP contribution in [0.15, 0.2) is 47.7 Å². The van der Waals surface area contributed by atoms with Crippen molar-refractivity contribution in [3.63, 3.8) is 0 Å². The quantitative estimate of drug-likeness (QED) is 0.692. The molecule has 0 unspecified atom stereocenters. The van der Waals surface area contributed by atoms with Crippen LogP contribution in [0.3, 0.4) is 0 Å². The Morgan fingerprint density at radius 2 is 2.04 bits per heavy atom. The zero-order valence-electron chi connectivity index (χ0n) is 13.0. The minimum atomic E-state index is -0.336. The van der Waals surface area contributed by atoms with Crippen molar-refractivity contribution in [1.82, 2.24) is 14.5 Å². The van der Waals surface area contributed by atoms with E-state index < -0.39 is 0 Å². The molecule has 0 aliphatic rings. The summed E-state index contributed by atoms with van der Waals surface area (Å²) in [4.78, 5) is 20.7. The van der Waals surface area contributed by atoms with E-state index in [0.29, 0.717) is 29.8 Å². The van der Waals surface area contributed by atoms with Gasteiger partial charge in [0.25, 0.3) is 5.56 Å². The number of hydrogen-bond acceptors (Lipinski definition) is 4. The Kier molecular flexibility index (Phi) is 4.64. The van der Waals surface area contributed by atoms with Crippen LogP contribution in [0.5, 0.6) is 0 Å². The van der Waals surface area contributed by atoms with Gasteiger partial charge in [0, 0.05) is 24.4 Å². The maximum atomic E-state index is 13.1. The number of methoxy groups -OCH3 is 1. The highest BCUT2D eigenvalue weighted by Crippen LogP contribution is 2.07. The van der Waals surface area contributed by atoms with Crippen LogP contribution < -0.4 is 5.56 Å². The van der Waals surface area contributed by atoms with Crippen LogP contribution in [0.4, 0.5) is 4.39 Å². The van der Waals surface area contributed by atoms with Gasteiger partial charge >= 0.3 is 0 Å². The SMILES string of the molecule is COCCn1cnc2cc(C#Cc3cccc(F)c3)cnc2c1=O. The summed E-state index contributed by atoms with van der Waals surface area (Å²) in [6.07, 6.45) is 2.98. The molecule has 2 heterocycles. The summed E-state index contributed by atoms with van der Waals surface area (Å²) >= 11 is 0. The number of ether oxygens (including phenoxy) is 1. The number of nitrogens with zero attached hydrogens (tertiary/aromatic N) is 3. The number of hydrogen-bond donors (Lipinski definition) is 0. The summed E-state index contributed by atoms with van der Waals surface area (Å²) in [7, 11) is 1.57. The third-order valence-corrected chi connectivity index (χ3v) is 3.38. The van der Waals surface area contributed by atoms with Crippen molar-refractivity contribution in [2.75, 3.05) is 13.7 Å². The van der Waals surface area contributed by atoms with Gasteiger partial charge in [-0.1, -0.05) is 17.9 Å². The molecule has 5 nitrogen and oxygen atoms in total. The van der Waals surface area contributed by atoms with E-state index in [9.17, 15) is 9.18 Å². The minimum absolute atomic E-state index is 0.221. The molecule has 0 radical (unpaired) electrons. The van der Waals surface area contributed by atoms with Gasteiger partial charge in [-0.25, -0.2) is 14.4 Å². The molecule has 0 aliphatic carbocycles. The molecule has 0 saturated carbocycles. The van der Waals surface area contributed by atoms with E-state index in [1.165, 1.54) is 29.2 Å². The maximum absolute atomic E-state index is 13.1. The second-order valence-electron chi connectivity index (χ2n) is 5.09. The number of benzene rings is 1. The molecule has 0 saturated heterocycles. The highest BCUT2D eigenvalue weighted by atomic mass is 19.1. The highest BCUT2D eigenvalue weighted by Gasteiger charge is 2.05. The average Bonchev–Trinajstić information content (AvgIpc) is 2.59. The van der Waals surface area contributed by atoms with Crippen molar-refractivity contribution in [3.8, 4) is 11.8 Å². The number of aromatic nitrogens is 3. The third-order valence-electron chi connectivity index (χ3n) is 3.38. The molecule has 0 spiro atoms. The standard InChI is InChI=1S/C18H14FN3O2/c1-24-8-7-22-12-21-16-10-14(11-20-17(16)18(22)23)6-5-13-3-2-4-15(19)9-13/h2-4,9-12H,7-8H2,1H3. The van der Waals surface area contributed by atoms with Gasteiger partial charge in [0.1, 0.15) is 5.82 Å². The van der Waals surface area contributed by atoms with Crippen LogP contribution in [0.25, 0.3) is 11.0 Å². The van der Waals surface area contributed by atoms with Crippen LogP contribution in [-0.4, -0.2) is 28.3 Å². The summed E-state index contributed by atoms with van der Waals surface area (Å²) in [6, 6.07) is 7.73. The van der Waals surface area contributed by atoms with Gasteiger partial charge in [0.15, 0.2) is 5.52 Å². The predicted molar refractivity (Wildman–Crippen MR) is 88.1 cm³/mol. The highest BCUT2D eigenvalue weighted by molar-refractivity contribution is 5.74. The lowest BCUT2D eigenvalue weighted by Gasteiger charge is -2.05. The molecule has 24 heavy (non-hydrogen) atoms. The van der Waals surface area contributed by atoms with E-state index in [2.05, 4.69) is 21.8 Å². The van der Waals surface area contributed by atoms with Crippen molar-refractivity contribution >= 4 is 11.0 Å². The molecule has 0 fully saturated rings. The van der Waals surface area contributed by atoms with Gasteiger partial charge in [-0.05, 0) is 24.3 Å². The summed E-state index contributed by atoms with van der Waals surface area (Å²) in [5.41, 5.74) is 1.71. The summed E-state index contributed by atoms with van der Waals surface area (Å²) in [6.45, 7) is 0.839. The maximum Gasteiger partial charge on any atom is 0.279 e. The fraction of sp³-hybridized carbons (Fsp3) is 0.167. The average molecular weight is 323 g/mol. The minimum Gasteiger partial charge on any atom is -0.383 e. The van der Waals surface area contributed by atoms with Crippen LogP contribution in [0, 0.1) is 17.7 Å². The normalized spacial score (nSPS) is 10.4. The molecule has 6 heteroatoms. The molecule has 0 bridgehead atoms. The molecular formula is C18H14FN3O2. The molecule has 0 aliphatic heterocycles. The van der Waals surface area contributed by atoms with Gasteiger partial charge in [-0.15, -0.1) is 0 Å². The fourth-order valence-corrected chi connectivity index (χ4v) is 2.16. The van der Waals surface area contributed by atoms with Gasteiger partial charge in [-0.3, -0.25) is 9.36 Å². The first-order chi connectivity index (χ1) is 11.7. The molecule has 3 aromatic rings. The fourth-order valence-electron chi connectivity index (χ4n) is 2.16. The smallest absolute Gasteiger partial charge is 0.279 e. The Balaban J connectivity index is 1.94. The van der Waals surface area contributed by atoms with Crippen LogP contribution in [0.2, 0.25) is 0 Å². The van der Waals surface area contributed by atoms with E-state index in [4.69, 9.17) is 4.74 Å². The van der Waals surface area contributed by atoms with Crippen LogP contribution >= 0.6 is 0 Å². The van der Waals surface area contributed by atoms with Crippen LogP contribution in [-0.2, 0) is 11.3 Å². The number of halogens is 1. The van der Waals surface area contributed by atoms with Crippen LogP contribution in [0.1, 0.15) is 11.1 Å². The van der Waals surface area contributed by atoms with E-state index >= 15 is 0 Å². The van der Waals surface area contributed by atoms with Gasteiger partial charge < -0.3 is 4.74 Å². The first-order valence-electron chi connectivity index (χ1n) is 7.29. The number of pyridine rings is 1. The topological polar surface area (TPSA) is 57.0 Å². The molecule has 3 rings (SSSR count). The molecule has 0 atom stereocenters. The van der Waals surface area contributed by atoms with E-state index in [1.807, 2.05) is 0 Å². The van der Waals surface area contributed by atoms with Gasteiger partial charge in [-0.2, -0.15) is 0 Å². The number of fused-ring (bicyclic) bond motifs is 1. The Bertz CT molecular complexity index is 1000.